The highest BCUT2D eigenvalue weighted by Gasteiger charge is 2.30. The monoisotopic (exact) mass is 443 g/mol. The summed E-state index contributed by atoms with van der Waals surface area (Å²) >= 11 is 0. The third kappa shape index (κ3) is 4.05. The Hall–Kier alpha value is -3.78. The molecular formula is C25H29N7O. The molecule has 1 unspecified atom stereocenters. The van der Waals surface area contributed by atoms with Crippen LogP contribution < -0.4 is 21.6 Å². The van der Waals surface area contributed by atoms with Crippen molar-refractivity contribution in [2.24, 2.45) is 7.05 Å². The van der Waals surface area contributed by atoms with E-state index in [4.69, 9.17) is 0 Å². The van der Waals surface area contributed by atoms with E-state index in [0.717, 1.165) is 41.0 Å². The molecule has 8 heteroatoms. The molecule has 1 atom stereocenters. The number of carbonyl (C=O) groups excluding carboxylic acids is 1. The molecule has 2 aliphatic rings. The second-order valence-electron chi connectivity index (χ2n) is 8.56. The van der Waals surface area contributed by atoms with Crippen LogP contribution in [0.4, 0.5) is 5.69 Å². The maximum atomic E-state index is 12.1. The van der Waals surface area contributed by atoms with E-state index in [2.05, 4.69) is 62.9 Å². The second kappa shape index (κ2) is 8.63. The third-order valence-electron chi connectivity index (χ3n) is 6.34. The average Bonchev–Trinajstić information content (AvgIpc) is 3.38. The van der Waals surface area contributed by atoms with Gasteiger partial charge in [-0.3, -0.25) is 14.5 Å². The Bertz CT molecular complexity index is 1230. The number of nitrogens with one attached hydrogen (secondary N) is 4. The zero-order chi connectivity index (χ0) is 22.9. The molecule has 0 aliphatic carbocycles. The minimum atomic E-state index is 0.000998. The van der Waals surface area contributed by atoms with Crippen molar-refractivity contribution in [2.45, 2.75) is 25.8 Å². The van der Waals surface area contributed by atoms with Gasteiger partial charge in [0.05, 0.1) is 30.1 Å². The fourth-order valence-corrected chi connectivity index (χ4v) is 4.63. The van der Waals surface area contributed by atoms with Crippen LogP contribution in [-0.4, -0.2) is 34.3 Å². The highest BCUT2D eigenvalue weighted by Crippen LogP contribution is 2.39. The molecule has 2 aliphatic heterocycles. The summed E-state index contributed by atoms with van der Waals surface area (Å²) in [5.41, 5.74) is 15.4. The summed E-state index contributed by atoms with van der Waals surface area (Å²) < 4.78 is 1.82. The number of allylic oxidation sites excluding steroid dienone is 1. The molecule has 0 saturated heterocycles. The van der Waals surface area contributed by atoms with E-state index in [9.17, 15) is 4.79 Å². The SMILES string of the molecule is CNC(=O)Cc1ccccc1NC1CCN2NNC(C)=C2c2ccc(-c3cnn(C)c3)cc21. The Balaban J connectivity index is 1.57. The first-order valence-electron chi connectivity index (χ1n) is 11.2. The van der Waals surface area contributed by atoms with Gasteiger partial charge in [0, 0.05) is 43.7 Å². The lowest BCUT2D eigenvalue weighted by atomic mass is 9.93. The van der Waals surface area contributed by atoms with Crippen LogP contribution in [0.25, 0.3) is 16.8 Å². The Kier molecular flexibility index (Phi) is 5.51. The molecule has 1 aromatic heterocycles. The molecule has 170 valence electrons. The van der Waals surface area contributed by atoms with E-state index in [-0.39, 0.29) is 11.9 Å². The van der Waals surface area contributed by atoms with Crippen LogP contribution in [0.2, 0.25) is 0 Å². The number of fused-ring (bicyclic) bond motifs is 3. The Morgan fingerprint density at radius 1 is 1.21 bits per heavy atom. The van der Waals surface area contributed by atoms with Crippen LogP contribution in [0.1, 0.15) is 36.1 Å². The van der Waals surface area contributed by atoms with Gasteiger partial charge in [-0.15, -0.1) is 5.53 Å². The molecule has 8 nitrogen and oxygen atoms in total. The van der Waals surface area contributed by atoms with E-state index in [1.165, 1.54) is 16.8 Å². The molecule has 0 spiro atoms. The van der Waals surface area contributed by atoms with Gasteiger partial charge in [-0.25, -0.2) is 0 Å². The number of anilines is 1. The van der Waals surface area contributed by atoms with Gasteiger partial charge in [0.1, 0.15) is 0 Å². The zero-order valence-corrected chi connectivity index (χ0v) is 19.1. The Labute approximate surface area is 193 Å². The lowest BCUT2D eigenvalue weighted by molar-refractivity contribution is -0.119. The summed E-state index contributed by atoms with van der Waals surface area (Å²) in [6.07, 6.45) is 5.17. The molecule has 0 fully saturated rings. The van der Waals surface area contributed by atoms with Crippen molar-refractivity contribution in [3.63, 3.8) is 0 Å². The van der Waals surface area contributed by atoms with Crippen molar-refractivity contribution in [3.8, 4) is 11.1 Å². The fraction of sp³-hybridized carbons (Fsp3) is 0.280. The summed E-state index contributed by atoms with van der Waals surface area (Å²) in [5.74, 6) is 0.000998. The summed E-state index contributed by atoms with van der Waals surface area (Å²) in [6.45, 7) is 2.93. The normalized spacial score (nSPS) is 17.2. The first kappa shape index (κ1) is 21.1. The molecule has 3 aromatic rings. The van der Waals surface area contributed by atoms with E-state index < -0.39 is 0 Å². The number of aromatic nitrogens is 2. The molecule has 0 bridgehead atoms. The Morgan fingerprint density at radius 2 is 2.06 bits per heavy atom. The third-order valence-corrected chi connectivity index (χ3v) is 6.34. The van der Waals surface area contributed by atoms with Gasteiger partial charge >= 0.3 is 0 Å². The molecule has 2 aromatic carbocycles. The molecule has 0 saturated carbocycles. The number of amides is 1. The van der Waals surface area contributed by atoms with Crippen LogP contribution in [0, 0.1) is 0 Å². The van der Waals surface area contributed by atoms with Crippen molar-refractivity contribution in [1.29, 1.82) is 0 Å². The van der Waals surface area contributed by atoms with Crippen LogP contribution in [0.3, 0.4) is 0 Å². The van der Waals surface area contributed by atoms with Crippen LogP contribution in [-0.2, 0) is 18.3 Å². The van der Waals surface area contributed by atoms with Crippen molar-refractivity contribution in [1.82, 2.24) is 31.1 Å². The minimum Gasteiger partial charge on any atom is -0.378 e. The fourth-order valence-electron chi connectivity index (χ4n) is 4.63. The number of aryl methyl sites for hydroxylation is 1. The van der Waals surface area contributed by atoms with Gasteiger partial charge in [-0.1, -0.05) is 30.3 Å². The molecule has 4 N–H and O–H groups in total. The number of hydrogen-bond donors (Lipinski definition) is 4. The summed E-state index contributed by atoms with van der Waals surface area (Å²) in [4.78, 5) is 12.1. The van der Waals surface area contributed by atoms with E-state index in [0.29, 0.717) is 6.42 Å². The van der Waals surface area contributed by atoms with Gasteiger partial charge in [0.2, 0.25) is 5.91 Å². The van der Waals surface area contributed by atoms with Gasteiger partial charge in [-0.05, 0) is 42.2 Å². The second-order valence-corrected chi connectivity index (χ2v) is 8.56. The summed E-state index contributed by atoms with van der Waals surface area (Å²) in [5, 5.41) is 13.0. The number of benzene rings is 2. The largest absolute Gasteiger partial charge is 0.378 e. The number of likely N-dealkylation sites (N-methyl/N-ethyl adjacent to an activating group) is 1. The molecule has 0 radical (unpaired) electrons. The van der Waals surface area contributed by atoms with Gasteiger partial charge < -0.3 is 16.1 Å². The minimum absolute atomic E-state index is 0.000998. The predicted octanol–water partition coefficient (Wildman–Crippen LogP) is 2.95. The quantitative estimate of drug-likeness (QED) is 0.485. The number of hydrazine groups is 2. The number of para-hydroxylation sites is 1. The molecular weight excluding hydrogens is 414 g/mol. The highest BCUT2D eigenvalue weighted by atomic mass is 16.1. The maximum absolute atomic E-state index is 12.1. The number of rotatable bonds is 5. The lowest BCUT2D eigenvalue weighted by Crippen LogP contribution is -2.38. The van der Waals surface area contributed by atoms with Gasteiger partial charge in [-0.2, -0.15) is 5.10 Å². The average molecular weight is 444 g/mol. The zero-order valence-electron chi connectivity index (χ0n) is 19.1. The Morgan fingerprint density at radius 3 is 2.85 bits per heavy atom. The van der Waals surface area contributed by atoms with E-state index >= 15 is 0 Å². The molecule has 5 rings (SSSR count). The van der Waals surface area contributed by atoms with Crippen LogP contribution in [0.5, 0.6) is 0 Å². The molecule has 1 amide bonds. The summed E-state index contributed by atoms with van der Waals surface area (Å²) in [6, 6.07) is 14.8. The van der Waals surface area contributed by atoms with Gasteiger partial charge in [0.25, 0.3) is 0 Å². The van der Waals surface area contributed by atoms with Crippen molar-refractivity contribution in [2.75, 3.05) is 18.9 Å². The predicted molar refractivity (Wildman–Crippen MR) is 129 cm³/mol. The first-order chi connectivity index (χ1) is 16.0. The van der Waals surface area contributed by atoms with Crippen molar-refractivity contribution in [3.05, 3.63) is 77.2 Å². The highest BCUT2D eigenvalue weighted by molar-refractivity contribution is 5.80. The summed E-state index contributed by atoms with van der Waals surface area (Å²) in [7, 11) is 3.60. The standard InChI is InChI=1S/C25H29N7O/c1-16-25-20-9-8-17(19-14-27-31(3)15-19)12-21(20)23(10-11-32(25)30-29-16)28-22-7-5-4-6-18(22)13-24(33)26-2/h4-9,12,14-15,23,28-30H,10-11,13H2,1-3H3,(H,26,33). The van der Waals surface area contributed by atoms with E-state index in [1.54, 1.807) is 7.05 Å². The van der Waals surface area contributed by atoms with Gasteiger partial charge in [0.15, 0.2) is 0 Å². The smallest absolute Gasteiger partial charge is 0.224 e. The van der Waals surface area contributed by atoms with E-state index in [1.807, 2.05) is 42.3 Å². The van der Waals surface area contributed by atoms with Crippen LogP contribution >= 0.6 is 0 Å². The van der Waals surface area contributed by atoms with Crippen LogP contribution in [0.15, 0.2) is 60.6 Å². The number of hydrogen-bond acceptors (Lipinski definition) is 6. The topological polar surface area (TPSA) is 86.2 Å². The number of nitrogens with zero attached hydrogens (tertiary/aromatic N) is 3. The van der Waals surface area contributed by atoms with Crippen molar-refractivity contribution < 1.29 is 4.79 Å². The maximum Gasteiger partial charge on any atom is 0.224 e. The van der Waals surface area contributed by atoms with Crippen molar-refractivity contribution >= 4 is 17.3 Å². The molecule has 3 heterocycles. The molecule has 33 heavy (non-hydrogen) atoms. The first-order valence-corrected chi connectivity index (χ1v) is 11.2. The number of carbonyl (C=O) groups is 1. The lowest BCUT2D eigenvalue weighted by Gasteiger charge is -2.23.